The molecule has 1 heterocycles. The lowest BCUT2D eigenvalue weighted by Gasteiger charge is -2.29. The minimum absolute atomic E-state index is 0.0330. The number of rotatable bonds is 7. The van der Waals surface area contributed by atoms with Crippen molar-refractivity contribution in [2.45, 2.75) is 38.6 Å². The number of amides is 1. The molecule has 142 valence electrons. The van der Waals surface area contributed by atoms with Gasteiger partial charge in [-0.15, -0.1) is 0 Å². The number of alkyl halides is 3. The van der Waals surface area contributed by atoms with Gasteiger partial charge in [0.1, 0.15) is 11.5 Å². The molecule has 0 aliphatic heterocycles. The first-order valence-electron chi connectivity index (χ1n) is 7.38. The van der Waals surface area contributed by atoms with Crippen molar-refractivity contribution in [1.82, 2.24) is 9.45 Å². The van der Waals surface area contributed by atoms with Crippen molar-refractivity contribution in [3.63, 3.8) is 0 Å². The molecule has 0 saturated heterocycles. The summed E-state index contributed by atoms with van der Waals surface area (Å²) in [6, 6.07) is 2.94. The van der Waals surface area contributed by atoms with E-state index in [4.69, 9.17) is 4.84 Å². The summed E-state index contributed by atoms with van der Waals surface area (Å²) < 4.78 is 61.8. The highest BCUT2D eigenvalue weighted by molar-refractivity contribution is 7.91. The fourth-order valence-electron chi connectivity index (χ4n) is 1.78. The summed E-state index contributed by atoms with van der Waals surface area (Å²) in [5.74, 6) is -1.43. The zero-order valence-corrected chi connectivity index (χ0v) is 15.0. The largest absolute Gasteiger partial charge is 0.433 e. The second kappa shape index (κ2) is 7.67. The Morgan fingerprint density at radius 2 is 1.88 bits per heavy atom. The third-order valence-corrected chi connectivity index (χ3v) is 5.65. The summed E-state index contributed by atoms with van der Waals surface area (Å²) in [6.45, 7) is 5.40. The molecule has 0 saturated carbocycles. The van der Waals surface area contributed by atoms with Gasteiger partial charge < -0.3 is 5.32 Å². The molecule has 0 aromatic carbocycles. The van der Waals surface area contributed by atoms with Crippen molar-refractivity contribution in [2.24, 2.45) is 0 Å². The van der Waals surface area contributed by atoms with Crippen LogP contribution in [0.15, 0.2) is 18.2 Å². The molecule has 0 unspecified atom stereocenters. The highest BCUT2D eigenvalue weighted by Gasteiger charge is 2.46. The lowest BCUT2D eigenvalue weighted by atomic mass is 10.2. The Labute approximate surface area is 144 Å². The molecule has 1 rings (SSSR count). The number of anilines is 1. The Hall–Kier alpha value is -1.72. The molecule has 0 aliphatic carbocycles. The smallest absolute Gasteiger partial charge is 0.309 e. The molecule has 0 atom stereocenters. The molecule has 0 aliphatic rings. The van der Waals surface area contributed by atoms with E-state index in [9.17, 15) is 26.4 Å². The van der Waals surface area contributed by atoms with Crippen molar-refractivity contribution in [1.29, 1.82) is 0 Å². The van der Waals surface area contributed by atoms with E-state index < -0.39 is 38.4 Å². The fraction of sp³-hybridized carbons (Fsp3) is 0.571. The Morgan fingerprint density at radius 3 is 2.36 bits per heavy atom. The van der Waals surface area contributed by atoms with Crippen LogP contribution >= 0.6 is 0 Å². The molecule has 0 fully saturated rings. The van der Waals surface area contributed by atoms with E-state index in [0.29, 0.717) is 4.47 Å². The van der Waals surface area contributed by atoms with Crippen molar-refractivity contribution in [3.8, 4) is 0 Å². The van der Waals surface area contributed by atoms with E-state index in [1.54, 1.807) is 6.92 Å². The quantitative estimate of drug-likeness (QED) is 0.731. The number of sulfonamides is 1. The summed E-state index contributed by atoms with van der Waals surface area (Å²) in [4.78, 5) is 20.7. The minimum Gasteiger partial charge on any atom is -0.309 e. The number of aromatic nitrogens is 1. The molecular formula is C14H20F3N3O4S. The van der Waals surface area contributed by atoms with Crippen LogP contribution in [0.25, 0.3) is 0 Å². The number of halogens is 3. The highest BCUT2D eigenvalue weighted by Crippen LogP contribution is 2.29. The van der Waals surface area contributed by atoms with Gasteiger partial charge >= 0.3 is 6.18 Å². The zero-order chi connectivity index (χ0) is 19.5. The lowest BCUT2D eigenvalue weighted by Crippen LogP contribution is -2.51. The molecule has 1 amide bonds. The fourth-order valence-corrected chi connectivity index (χ4v) is 3.15. The predicted molar refractivity (Wildman–Crippen MR) is 84.9 cm³/mol. The number of pyridine rings is 1. The maximum Gasteiger partial charge on any atom is 0.433 e. The first-order chi connectivity index (χ1) is 11.4. The van der Waals surface area contributed by atoms with Gasteiger partial charge in [-0.3, -0.25) is 9.63 Å². The molecule has 0 bridgehead atoms. The van der Waals surface area contributed by atoms with Gasteiger partial charge in [0.25, 0.3) is 0 Å². The SMILES string of the molecule is CCON(CC)S(=O)(=O)C(C)(C)C(=O)Nc1cccc(C(F)(F)F)n1. The number of hydrogen-bond acceptors (Lipinski definition) is 5. The van der Waals surface area contributed by atoms with E-state index in [0.717, 1.165) is 32.0 Å². The monoisotopic (exact) mass is 383 g/mol. The molecule has 7 nitrogen and oxygen atoms in total. The van der Waals surface area contributed by atoms with E-state index in [-0.39, 0.29) is 13.2 Å². The number of hydrogen-bond donors (Lipinski definition) is 1. The molecule has 1 aromatic rings. The average Bonchev–Trinajstić information content (AvgIpc) is 2.51. The number of nitrogens with zero attached hydrogens (tertiary/aromatic N) is 2. The van der Waals surface area contributed by atoms with Crippen molar-refractivity contribution in [3.05, 3.63) is 23.9 Å². The minimum atomic E-state index is -4.68. The Balaban J connectivity index is 3.10. The maximum absolute atomic E-state index is 12.7. The van der Waals surface area contributed by atoms with Crippen LogP contribution in [-0.2, 0) is 25.8 Å². The van der Waals surface area contributed by atoms with Crippen LogP contribution in [0.1, 0.15) is 33.4 Å². The molecule has 0 radical (unpaired) electrons. The number of hydroxylamine groups is 1. The van der Waals surface area contributed by atoms with Gasteiger partial charge in [-0.2, -0.15) is 13.2 Å². The summed E-state index contributed by atoms with van der Waals surface area (Å²) >= 11 is 0. The van der Waals surface area contributed by atoms with Crippen LogP contribution in [0.2, 0.25) is 0 Å². The first-order valence-corrected chi connectivity index (χ1v) is 8.82. The topological polar surface area (TPSA) is 88.6 Å². The third-order valence-electron chi connectivity index (χ3n) is 3.27. The van der Waals surface area contributed by atoms with Gasteiger partial charge in [0, 0.05) is 6.54 Å². The summed E-state index contributed by atoms with van der Waals surface area (Å²) in [5.41, 5.74) is -1.20. The molecular weight excluding hydrogens is 363 g/mol. The Morgan fingerprint density at radius 1 is 1.28 bits per heavy atom. The second-order valence-corrected chi connectivity index (χ2v) is 7.79. The standard InChI is InChI=1S/C14H20F3N3O4S/c1-5-20(24-6-2)25(22,23)13(3,4)12(21)19-11-9-7-8-10(18-11)14(15,16)17/h7-9H,5-6H2,1-4H3,(H,18,19,21). The normalized spacial score (nSPS) is 13.1. The van der Waals surface area contributed by atoms with Crippen molar-refractivity contribution < 1.29 is 31.2 Å². The Bertz CT molecular complexity index is 720. The summed E-state index contributed by atoms with van der Waals surface area (Å²) in [7, 11) is -4.22. The van der Waals surface area contributed by atoms with Crippen LogP contribution in [0.3, 0.4) is 0 Å². The van der Waals surface area contributed by atoms with Crippen LogP contribution in [0.5, 0.6) is 0 Å². The van der Waals surface area contributed by atoms with Gasteiger partial charge in [0.15, 0.2) is 4.75 Å². The van der Waals surface area contributed by atoms with Gasteiger partial charge in [-0.05, 0) is 39.8 Å². The Kier molecular flexibility index (Phi) is 6.54. The van der Waals surface area contributed by atoms with Gasteiger partial charge in [0.05, 0.1) is 6.61 Å². The number of nitrogens with one attached hydrogen (secondary N) is 1. The van der Waals surface area contributed by atoms with Crippen LogP contribution in [-0.4, -0.2) is 41.7 Å². The molecule has 11 heteroatoms. The maximum atomic E-state index is 12.7. The predicted octanol–water partition coefficient (Wildman–Crippen LogP) is 2.42. The van der Waals surface area contributed by atoms with E-state index in [1.165, 1.54) is 6.92 Å². The highest BCUT2D eigenvalue weighted by atomic mass is 32.2. The van der Waals surface area contributed by atoms with Gasteiger partial charge in [-0.25, -0.2) is 13.4 Å². The number of carbonyl (C=O) groups excluding carboxylic acids is 1. The van der Waals surface area contributed by atoms with Crippen molar-refractivity contribution >= 4 is 21.7 Å². The average molecular weight is 383 g/mol. The third kappa shape index (κ3) is 4.67. The molecule has 0 spiro atoms. The van der Waals surface area contributed by atoms with Gasteiger partial charge in [-0.1, -0.05) is 10.5 Å². The molecule has 25 heavy (non-hydrogen) atoms. The zero-order valence-electron chi connectivity index (χ0n) is 14.2. The van der Waals surface area contributed by atoms with Crippen molar-refractivity contribution in [2.75, 3.05) is 18.5 Å². The van der Waals surface area contributed by atoms with Crippen LogP contribution in [0.4, 0.5) is 19.0 Å². The number of carbonyl (C=O) groups is 1. The van der Waals surface area contributed by atoms with Crippen LogP contribution in [0, 0.1) is 0 Å². The second-order valence-electron chi connectivity index (χ2n) is 5.41. The van der Waals surface area contributed by atoms with E-state index >= 15 is 0 Å². The first kappa shape index (κ1) is 21.3. The summed E-state index contributed by atoms with van der Waals surface area (Å²) in [5, 5.41) is 2.11. The molecule has 1 aromatic heterocycles. The summed E-state index contributed by atoms with van der Waals surface area (Å²) in [6.07, 6.45) is -4.68. The van der Waals surface area contributed by atoms with Gasteiger partial charge in [0.2, 0.25) is 15.9 Å². The molecule has 1 N–H and O–H groups in total. The van der Waals surface area contributed by atoms with E-state index in [1.807, 2.05) is 0 Å². The van der Waals surface area contributed by atoms with E-state index in [2.05, 4.69) is 10.3 Å². The van der Waals surface area contributed by atoms with Crippen LogP contribution < -0.4 is 5.32 Å². The lowest BCUT2D eigenvalue weighted by molar-refractivity contribution is -0.141.